The Bertz CT molecular complexity index is 633. The summed E-state index contributed by atoms with van der Waals surface area (Å²) in [4.78, 5) is 24.7. The van der Waals surface area contributed by atoms with Gasteiger partial charge in [-0.2, -0.15) is 0 Å². The van der Waals surface area contributed by atoms with E-state index in [9.17, 15) is 9.59 Å². The molecule has 6 nitrogen and oxygen atoms in total. The molecule has 4 N–H and O–H groups in total. The number of carbonyl (C=O) groups is 2. The maximum absolute atomic E-state index is 12.6. The molecule has 1 aliphatic heterocycles. The van der Waals surface area contributed by atoms with E-state index in [-0.39, 0.29) is 29.3 Å². The van der Waals surface area contributed by atoms with Crippen LogP contribution in [0.15, 0.2) is 10.7 Å². The molecule has 2 amide bonds. The Labute approximate surface area is 128 Å². The second-order valence-electron chi connectivity index (χ2n) is 6.76. The first-order valence-electron chi connectivity index (χ1n) is 8.07. The maximum atomic E-state index is 12.6. The van der Waals surface area contributed by atoms with Crippen molar-refractivity contribution < 1.29 is 14.0 Å². The molecule has 118 valence electrons. The number of hydrogen-bond donors (Lipinski definition) is 3. The number of nitrogens with two attached hydrogens (primary N) is 1. The summed E-state index contributed by atoms with van der Waals surface area (Å²) in [5, 5.41) is 5.88. The number of carbonyl (C=O) groups excluding carboxylic acids is 2. The van der Waals surface area contributed by atoms with E-state index in [4.69, 9.17) is 10.2 Å². The van der Waals surface area contributed by atoms with Gasteiger partial charge in [-0.05, 0) is 25.7 Å². The van der Waals surface area contributed by atoms with Crippen LogP contribution in [0.2, 0.25) is 0 Å². The summed E-state index contributed by atoms with van der Waals surface area (Å²) in [6.45, 7) is 0.616. The molecule has 2 saturated carbocycles. The van der Waals surface area contributed by atoms with Crippen LogP contribution in [0, 0.1) is 5.41 Å². The molecule has 6 heteroatoms. The minimum Gasteiger partial charge on any atom is -0.468 e. The van der Waals surface area contributed by atoms with Crippen molar-refractivity contribution in [1.29, 1.82) is 0 Å². The second kappa shape index (κ2) is 4.84. The van der Waals surface area contributed by atoms with Gasteiger partial charge in [-0.25, -0.2) is 0 Å². The van der Waals surface area contributed by atoms with Crippen molar-refractivity contribution in [3.8, 4) is 0 Å². The third-order valence-electron chi connectivity index (χ3n) is 5.72. The first-order chi connectivity index (χ1) is 10.6. The van der Waals surface area contributed by atoms with Crippen molar-refractivity contribution >= 4 is 11.8 Å². The summed E-state index contributed by atoms with van der Waals surface area (Å²) in [7, 11) is 0. The Hall–Kier alpha value is -1.82. The molecule has 2 heterocycles. The minimum absolute atomic E-state index is 0.0958. The van der Waals surface area contributed by atoms with Gasteiger partial charge in [0.2, 0.25) is 0 Å². The van der Waals surface area contributed by atoms with E-state index in [2.05, 4.69) is 10.6 Å². The highest BCUT2D eigenvalue weighted by molar-refractivity contribution is 6.08. The third kappa shape index (κ3) is 1.83. The van der Waals surface area contributed by atoms with Gasteiger partial charge in [0, 0.05) is 30.5 Å². The number of nitrogens with one attached hydrogen (secondary N) is 2. The molecule has 0 aromatic carbocycles. The molecule has 1 aromatic rings. The summed E-state index contributed by atoms with van der Waals surface area (Å²) in [5.41, 5.74) is 6.97. The lowest BCUT2D eigenvalue weighted by molar-refractivity contribution is -0.0389. The lowest BCUT2D eigenvalue weighted by Gasteiger charge is -2.60. The predicted molar refractivity (Wildman–Crippen MR) is 79.5 cm³/mol. The fourth-order valence-corrected chi connectivity index (χ4v) is 4.10. The molecule has 0 radical (unpaired) electrons. The van der Waals surface area contributed by atoms with Gasteiger partial charge in [-0.1, -0.05) is 6.42 Å². The zero-order valence-corrected chi connectivity index (χ0v) is 12.5. The molecule has 1 aromatic heterocycles. The average Bonchev–Trinajstić information content (AvgIpc) is 2.76. The Balaban J connectivity index is 1.54. The van der Waals surface area contributed by atoms with Crippen molar-refractivity contribution in [2.75, 3.05) is 6.54 Å². The van der Waals surface area contributed by atoms with Gasteiger partial charge in [0.15, 0.2) is 0 Å². The van der Waals surface area contributed by atoms with Crippen LogP contribution in [0.4, 0.5) is 0 Å². The minimum atomic E-state index is -0.217. The van der Waals surface area contributed by atoms with Crippen molar-refractivity contribution in [2.24, 2.45) is 11.1 Å². The van der Waals surface area contributed by atoms with Gasteiger partial charge in [0.25, 0.3) is 11.8 Å². The summed E-state index contributed by atoms with van der Waals surface area (Å²) in [6, 6.07) is 0.319. The molecule has 2 aliphatic carbocycles. The van der Waals surface area contributed by atoms with Gasteiger partial charge < -0.3 is 20.8 Å². The van der Waals surface area contributed by atoms with E-state index in [0.717, 1.165) is 25.7 Å². The SMILES string of the molecule is NC1CC(NC(=O)c2coc3c2C(=O)NCCC3)C12CCC2. The third-order valence-corrected chi connectivity index (χ3v) is 5.72. The summed E-state index contributed by atoms with van der Waals surface area (Å²) >= 11 is 0. The Morgan fingerprint density at radius 2 is 2.23 bits per heavy atom. The normalized spacial score (nSPS) is 28.9. The van der Waals surface area contributed by atoms with Crippen LogP contribution in [-0.4, -0.2) is 30.4 Å². The second-order valence-corrected chi connectivity index (χ2v) is 6.76. The molecular formula is C16H21N3O3. The van der Waals surface area contributed by atoms with Crippen molar-refractivity contribution in [3.05, 3.63) is 23.2 Å². The molecule has 2 fully saturated rings. The number of aryl methyl sites for hydroxylation is 1. The van der Waals surface area contributed by atoms with Crippen molar-refractivity contribution in [2.45, 2.75) is 50.6 Å². The lowest BCUT2D eigenvalue weighted by Crippen LogP contribution is -2.69. The highest BCUT2D eigenvalue weighted by Crippen LogP contribution is 2.55. The van der Waals surface area contributed by atoms with Gasteiger partial charge in [-0.3, -0.25) is 9.59 Å². The average molecular weight is 303 g/mol. The predicted octanol–water partition coefficient (Wildman–Crippen LogP) is 0.955. The van der Waals surface area contributed by atoms with Crippen LogP contribution in [0.1, 0.15) is 58.6 Å². The zero-order chi connectivity index (χ0) is 15.3. The van der Waals surface area contributed by atoms with Crippen LogP contribution < -0.4 is 16.4 Å². The fraction of sp³-hybridized carbons (Fsp3) is 0.625. The van der Waals surface area contributed by atoms with E-state index in [1.807, 2.05) is 0 Å². The Morgan fingerprint density at radius 1 is 1.41 bits per heavy atom. The van der Waals surface area contributed by atoms with Crippen molar-refractivity contribution in [3.63, 3.8) is 0 Å². The first-order valence-corrected chi connectivity index (χ1v) is 8.07. The van der Waals surface area contributed by atoms with Gasteiger partial charge in [-0.15, -0.1) is 0 Å². The Morgan fingerprint density at radius 3 is 2.91 bits per heavy atom. The van der Waals surface area contributed by atoms with E-state index < -0.39 is 0 Å². The smallest absolute Gasteiger partial charge is 0.255 e. The molecule has 2 unspecified atom stereocenters. The standard InChI is InChI=1S/C16H21N3O3/c17-11-7-12(16(11)4-2-5-16)19-14(20)9-8-22-10-3-1-6-18-15(21)13(9)10/h8,11-12H,1-7,17H2,(H,18,21)(H,19,20). The van der Waals surface area contributed by atoms with E-state index in [1.165, 1.54) is 12.7 Å². The molecule has 1 spiro atoms. The van der Waals surface area contributed by atoms with Crippen LogP contribution in [0.5, 0.6) is 0 Å². The van der Waals surface area contributed by atoms with Crippen LogP contribution >= 0.6 is 0 Å². The number of rotatable bonds is 2. The van der Waals surface area contributed by atoms with E-state index in [1.54, 1.807) is 0 Å². The molecule has 22 heavy (non-hydrogen) atoms. The fourth-order valence-electron chi connectivity index (χ4n) is 4.10. The van der Waals surface area contributed by atoms with Crippen LogP contribution in [0.25, 0.3) is 0 Å². The summed E-state index contributed by atoms with van der Waals surface area (Å²) in [6.07, 6.45) is 7.10. The van der Waals surface area contributed by atoms with Crippen molar-refractivity contribution in [1.82, 2.24) is 10.6 Å². The first kappa shape index (κ1) is 13.8. The molecule has 4 rings (SSSR count). The maximum Gasteiger partial charge on any atom is 0.255 e. The lowest BCUT2D eigenvalue weighted by atomic mass is 9.50. The quantitative estimate of drug-likeness (QED) is 0.758. The van der Waals surface area contributed by atoms with Crippen LogP contribution in [0.3, 0.4) is 0 Å². The molecular weight excluding hydrogens is 282 g/mol. The largest absolute Gasteiger partial charge is 0.468 e. The van der Waals surface area contributed by atoms with Gasteiger partial charge in [0.05, 0.1) is 11.1 Å². The monoisotopic (exact) mass is 303 g/mol. The van der Waals surface area contributed by atoms with Gasteiger partial charge in [0.1, 0.15) is 12.0 Å². The topological polar surface area (TPSA) is 97.4 Å². The molecule has 0 saturated heterocycles. The zero-order valence-electron chi connectivity index (χ0n) is 12.5. The molecule has 0 bridgehead atoms. The molecule has 2 atom stereocenters. The highest BCUT2D eigenvalue weighted by atomic mass is 16.3. The molecule has 3 aliphatic rings. The van der Waals surface area contributed by atoms with Crippen LogP contribution in [-0.2, 0) is 6.42 Å². The van der Waals surface area contributed by atoms with Gasteiger partial charge >= 0.3 is 0 Å². The number of fused-ring (bicyclic) bond motifs is 1. The van der Waals surface area contributed by atoms with E-state index >= 15 is 0 Å². The number of hydrogen-bond acceptors (Lipinski definition) is 4. The Kier molecular flexibility index (Phi) is 3.04. The van der Waals surface area contributed by atoms with E-state index in [0.29, 0.717) is 29.9 Å². The summed E-state index contributed by atoms with van der Waals surface area (Å²) in [5.74, 6) is 0.184. The number of amides is 2. The number of furan rings is 1. The summed E-state index contributed by atoms with van der Waals surface area (Å²) < 4.78 is 5.46. The highest BCUT2D eigenvalue weighted by Gasteiger charge is 2.57.